The van der Waals surface area contributed by atoms with Gasteiger partial charge in [-0.25, -0.2) is 0 Å². The van der Waals surface area contributed by atoms with Crippen LogP contribution in [-0.2, 0) is 18.9 Å². The van der Waals surface area contributed by atoms with E-state index in [0.717, 1.165) is 11.1 Å². The maximum atomic E-state index is 10.1. The van der Waals surface area contributed by atoms with Crippen molar-refractivity contribution in [1.29, 1.82) is 0 Å². The molecule has 4 rings (SSSR count). The van der Waals surface area contributed by atoms with Crippen LogP contribution in [0.1, 0.15) is 36.9 Å². The molecule has 0 bridgehead atoms. The molecule has 1 N–H and O–H groups in total. The molecule has 0 aromatic heterocycles. The number of rotatable bonds is 4. The van der Waals surface area contributed by atoms with Crippen molar-refractivity contribution in [2.24, 2.45) is 0 Å². The first-order chi connectivity index (χ1) is 12.7. The Morgan fingerprint density at radius 2 is 1.69 bits per heavy atom. The lowest BCUT2D eigenvalue weighted by Crippen LogP contribution is -2.55. The van der Waals surface area contributed by atoms with E-state index in [1.54, 1.807) is 0 Å². The largest absolute Gasteiger partial charge is 0.368 e. The predicted octanol–water partition coefficient (Wildman–Crippen LogP) is 3.35. The number of aliphatic hydroxyl groups excluding tert-OH is 1. The standard InChI is InChI=1S/C21H24O5/c1-14(15-8-4-2-5-9-15)24-17-12-19(22)25-18-13-23-21(26-20(17)18)16-10-6-3-7-11-16/h2-11,14,17-22H,12-13H2,1H3/t14?,17-,18+,19?,20-,21?/m0/s1. The van der Waals surface area contributed by atoms with E-state index in [1.165, 1.54) is 0 Å². The third-order valence-electron chi connectivity index (χ3n) is 4.91. The van der Waals surface area contributed by atoms with E-state index >= 15 is 0 Å². The third kappa shape index (κ3) is 3.82. The Morgan fingerprint density at radius 1 is 1.00 bits per heavy atom. The van der Waals surface area contributed by atoms with Gasteiger partial charge < -0.3 is 24.1 Å². The average Bonchev–Trinajstić information content (AvgIpc) is 2.69. The Balaban J connectivity index is 1.49. The Kier molecular flexibility index (Phi) is 5.33. The molecule has 2 aliphatic heterocycles. The van der Waals surface area contributed by atoms with Crippen LogP contribution in [0.2, 0.25) is 0 Å². The van der Waals surface area contributed by atoms with Gasteiger partial charge in [0.2, 0.25) is 0 Å². The van der Waals surface area contributed by atoms with Crippen LogP contribution < -0.4 is 0 Å². The summed E-state index contributed by atoms with van der Waals surface area (Å²) in [7, 11) is 0. The zero-order valence-corrected chi connectivity index (χ0v) is 14.7. The second-order valence-electron chi connectivity index (χ2n) is 6.77. The molecule has 0 aliphatic carbocycles. The van der Waals surface area contributed by atoms with Crippen LogP contribution in [0.5, 0.6) is 0 Å². The first-order valence-electron chi connectivity index (χ1n) is 9.06. The van der Waals surface area contributed by atoms with Gasteiger partial charge in [0.05, 0.1) is 18.8 Å². The summed E-state index contributed by atoms with van der Waals surface area (Å²) in [6.07, 6.45) is -1.95. The van der Waals surface area contributed by atoms with Crippen LogP contribution in [0.15, 0.2) is 60.7 Å². The molecule has 2 aromatic carbocycles. The van der Waals surface area contributed by atoms with Gasteiger partial charge in [0, 0.05) is 12.0 Å². The first kappa shape index (κ1) is 17.6. The second-order valence-corrected chi connectivity index (χ2v) is 6.77. The zero-order valence-electron chi connectivity index (χ0n) is 14.7. The number of aliphatic hydroxyl groups is 1. The van der Waals surface area contributed by atoms with Crippen molar-refractivity contribution in [3.8, 4) is 0 Å². The van der Waals surface area contributed by atoms with Gasteiger partial charge in [0.25, 0.3) is 0 Å². The van der Waals surface area contributed by atoms with Crippen LogP contribution in [0, 0.1) is 0 Å². The maximum absolute atomic E-state index is 10.1. The Hall–Kier alpha value is -1.76. The molecule has 0 saturated carbocycles. The van der Waals surface area contributed by atoms with Crippen molar-refractivity contribution >= 4 is 0 Å². The minimum atomic E-state index is -0.871. The molecule has 2 fully saturated rings. The molecule has 2 aliphatic rings. The number of hydrogen-bond acceptors (Lipinski definition) is 5. The summed E-state index contributed by atoms with van der Waals surface area (Å²) < 4.78 is 23.9. The van der Waals surface area contributed by atoms with Gasteiger partial charge >= 0.3 is 0 Å². The number of hydrogen-bond donors (Lipinski definition) is 1. The van der Waals surface area contributed by atoms with E-state index in [1.807, 2.05) is 67.6 Å². The maximum Gasteiger partial charge on any atom is 0.184 e. The Labute approximate surface area is 153 Å². The SMILES string of the molecule is CC(O[C@H]1CC(O)O[C@@H]2COC(c3ccccc3)O[C@@H]12)c1ccccc1. The lowest BCUT2D eigenvalue weighted by molar-refractivity contribution is -0.339. The number of benzene rings is 2. The number of ether oxygens (including phenoxy) is 4. The molecule has 5 heteroatoms. The van der Waals surface area contributed by atoms with Crippen LogP contribution in [0.4, 0.5) is 0 Å². The smallest absolute Gasteiger partial charge is 0.184 e. The van der Waals surface area contributed by atoms with E-state index in [0.29, 0.717) is 13.0 Å². The lowest BCUT2D eigenvalue weighted by Gasteiger charge is -2.45. The van der Waals surface area contributed by atoms with Crippen molar-refractivity contribution in [1.82, 2.24) is 0 Å². The monoisotopic (exact) mass is 356 g/mol. The number of fused-ring (bicyclic) bond motifs is 1. The molecule has 2 aromatic rings. The Morgan fingerprint density at radius 3 is 2.42 bits per heavy atom. The molecule has 138 valence electrons. The highest BCUT2D eigenvalue weighted by atomic mass is 16.7. The van der Waals surface area contributed by atoms with Gasteiger partial charge in [-0.15, -0.1) is 0 Å². The van der Waals surface area contributed by atoms with Crippen LogP contribution in [-0.4, -0.2) is 36.3 Å². The quantitative estimate of drug-likeness (QED) is 0.910. The van der Waals surface area contributed by atoms with Gasteiger partial charge in [0.1, 0.15) is 12.2 Å². The fourth-order valence-electron chi connectivity index (χ4n) is 3.56. The summed E-state index contributed by atoms with van der Waals surface area (Å²) in [6.45, 7) is 2.38. The van der Waals surface area contributed by atoms with Crippen molar-refractivity contribution in [3.63, 3.8) is 0 Å². The first-order valence-corrected chi connectivity index (χ1v) is 9.06. The van der Waals surface area contributed by atoms with Crippen LogP contribution in [0.3, 0.4) is 0 Å². The van der Waals surface area contributed by atoms with Gasteiger partial charge in [-0.1, -0.05) is 60.7 Å². The molecule has 6 atom stereocenters. The van der Waals surface area contributed by atoms with E-state index in [4.69, 9.17) is 18.9 Å². The average molecular weight is 356 g/mol. The van der Waals surface area contributed by atoms with E-state index in [-0.39, 0.29) is 24.4 Å². The van der Waals surface area contributed by atoms with Gasteiger partial charge in [-0.3, -0.25) is 0 Å². The topological polar surface area (TPSA) is 57.2 Å². The van der Waals surface area contributed by atoms with Crippen molar-refractivity contribution in [2.45, 2.75) is 50.3 Å². The molecule has 2 heterocycles. The second kappa shape index (κ2) is 7.86. The van der Waals surface area contributed by atoms with Crippen LogP contribution >= 0.6 is 0 Å². The third-order valence-corrected chi connectivity index (χ3v) is 4.91. The van der Waals surface area contributed by atoms with E-state index < -0.39 is 12.6 Å². The van der Waals surface area contributed by atoms with Gasteiger partial charge in [0.15, 0.2) is 12.6 Å². The molecule has 0 spiro atoms. The normalized spacial score (nSPS) is 32.6. The lowest BCUT2D eigenvalue weighted by atomic mass is 9.99. The summed E-state index contributed by atoms with van der Waals surface area (Å²) in [6, 6.07) is 19.9. The molecule has 2 saturated heterocycles. The summed E-state index contributed by atoms with van der Waals surface area (Å²) in [5.41, 5.74) is 2.06. The van der Waals surface area contributed by atoms with E-state index in [9.17, 15) is 5.11 Å². The van der Waals surface area contributed by atoms with Gasteiger partial charge in [-0.2, -0.15) is 0 Å². The summed E-state index contributed by atoms with van der Waals surface area (Å²) in [4.78, 5) is 0. The molecule has 26 heavy (non-hydrogen) atoms. The molecular formula is C21H24O5. The predicted molar refractivity (Wildman–Crippen MR) is 95.2 cm³/mol. The highest BCUT2D eigenvalue weighted by molar-refractivity contribution is 5.18. The van der Waals surface area contributed by atoms with E-state index in [2.05, 4.69) is 0 Å². The summed E-state index contributed by atoms with van der Waals surface area (Å²) in [5, 5.41) is 10.1. The molecule has 3 unspecified atom stereocenters. The fraction of sp³-hybridized carbons (Fsp3) is 0.429. The highest BCUT2D eigenvalue weighted by Gasteiger charge is 2.45. The zero-order chi connectivity index (χ0) is 17.9. The van der Waals surface area contributed by atoms with Crippen molar-refractivity contribution in [2.75, 3.05) is 6.61 Å². The minimum absolute atomic E-state index is 0.103. The van der Waals surface area contributed by atoms with Crippen LogP contribution in [0.25, 0.3) is 0 Å². The van der Waals surface area contributed by atoms with Gasteiger partial charge in [-0.05, 0) is 12.5 Å². The minimum Gasteiger partial charge on any atom is -0.368 e. The molecule has 5 nitrogen and oxygen atoms in total. The Bertz CT molecular complexity index is 692. The molecule has 0 amide bonds. The highest BCUT2D eigenvalue weighted by Crippen LogP contribution is 2.36. The van der Waals surface area contributed by atoms with Crippen molar-refractivity contribution < 1.29 is 24.1 Å². The van der Waals surface area contributed by atoms with Crippen molar-refractivity contribution in [3.05, 3.63) is 71.8 Å². The molecule has 0 radical (unpaired) electrons. The molecular weight excluding hydrogens is 332 g/mol. The summed E-state index contributed by atoms with van der Waals surface area (Å²) >= 11 is 0. The fourth-order valence-corrected chi connectivity index (χ4v) is 3.56. The summed E-state index contributed by atoms with van der Waals surface area (Å²) in [5.74, 6) is 0.